The highest BCUT2D eigenvalue weighted by Crippen LogP contribution is 2.45. The molecule has 1 N–H and O–H groups in total. The Labute approximate surface area is 200 Å². The van der Waals surface area contributed by atoms with Crippen LogP contribution in [-0.2, 0) is 16.4 Å². The molecule has 0 aromatic heterocycles. The molecule has 0 atom stereocenters. The van der Waals surface area contributed by atoms with Crippen LogP contribution in [0.5, 0.6) is 0 Å². The van der Waals surface area contributed by atoms with Crippen molar-refractivity contribution in [3.63, 3.8) is 0 Å². The zero-order chi connectivity index (χ0) is 21.6. The zero-order valence-electron chi connectivity index (χ0n) is 17.0. The summed E-state index contributed by atoms with van der Waals surface area (Å²) in [5.74, 6) is 0.272. The van der Waals surface area contributed by atoms with Crippen molar-refractivity contribution in [1.29, 1.82) is 0 Å². The van der Waals surface area contributed by atoms with Crippen LogP contribution in [0.15, 0.2) is 44.6 Å². The molecule has 0 saturated carbocycles. The first-order chi connectivity index (χ1) is 14.2. The Balaban J connectivity index is 1.76. The first-order valence-electron chi connectivity index (χ1n) is 10.2. The van der Waals surface area contributed by atoms with Crippen molar-refractivity contribution in [2.45, 2.75) is 44.8 Å². The van der Waals surface area contributed by atoms with Gasteiger partial charge in [-0.1, -0.05) is 27.5 Å². The molecule has 1 saturated heterocycles. The van der Waals surface area contributed by atoms with Crippen LogP contribution >= 0.6 is 43.5 Å². The monoisotopic (exact) mass is 574 g/mol. The maximum absolute atomic E-state index is 12.6. The average Bonchev–Trinajstić information content (AvgIpc) is 2.85. The van der Waals surface area contributed by atoms with E-state index in [0.29, 0.717) is 13.1 Å². The fourth-order valence-electron chi connectivity index (χ4n) is 4.59. The normalized spacial score (nSPS) is 20.9. The number of halogens is 3. The van der Waals surface area contributed by atoms with Crippen molar-refractivity contribution < 1.29 is 8.42 Å². The van der Waals surface area contributed by atoms with Gasteiger partial charge in [0.15, 0.2) is 0 Å². The topological polar surface area (TPSA) is 49.4 Å². The predicted octanol–water partition coefficient (Wildman–Crippen LogP) is 5.98. The molecule has 0 spiro atoms. The highest BCUT2D eigenvalue weighted by atomic mass is 79.9. The zero-order valence-corrected chi connectivity index (χ0v) is 21.8. The van der Waals surface area contributed by atoms with E-state index in [1.807, 2.05) is 12.3 Å². The van der Waals surface area contributed by atoms with Crippen LogP contribution in [0.3, 0.4) is 0 Å². The van der Waals surface area contributed by atoms with E-state index in [9.17, 15) is 8.42 Å². The van der Waals surface area contributed by atoms with E-state index < -0.39 is 10.0 Å². The number of aryl methyl sites for hydroxylation is 1. The Morgan fingerprint density at radius 2 is 1.87 bits per heavy atom. The molecule has 0 bridgehead atoms. The molecule has 0 unspecified atom stereocenters. The maximum Gasteiger partial charge on any atom is 0.216 e. The third-order valence-electron chi connectivity index (χ3n) is 6.14. The lowest BCUT2D eigenvalue weighted by atomic mass is 9.82. The summed E-state index contributed by atoms with van der Waals surface area (Å²) in [6.45, 7) is 4.62. The van der Waals surface area contributed by atoms with E-state index in [2.05, 4.69) is 49.3 Å². The lowest BCUT2D eigenvalue weighted by Gasteiger charge is -2.35. The van der Waals surface area contributed by atoms with E-state index in [1.54, 1.807) is 18.2 Å². The molecule has 1 aromatic rings. The number of hydrogen-bond acceptors (Lipinski definition) is 3. The molecule has 1 aromatic carbocycles. The van der Waals surface area contributed by atoms with E-state index in [4.69, 9.17) is 11.6 Å². The molecular formula is C22H25Br2ClN2O2S. The highest BCUT2D eigenvalue weighted by Gasteiger charge is 2.35. The van der Waals surface area contributed by atoms with E-state index in [-0.39, 0.29) is 11.2 Å². The van der Waals surface area contributed by atoms with E-state index in [0.717, 1.165) is 45.4 Å². The minimum atomic E-state index is -3.22. The van der Waals surface area contributed by atoms with Gasteiger partial charge in [-0.15, -0.1) is 0 Å². The Kier molecular flexibility index (Phi) is 6.58. The summed E-state index contributed by atoms with van der Waals surface area (Å²) in [5.41, 5.74) is 6.15. The Bertz CT molecular complexity index is 1070. The summed E-state index contributed by atoms with van der Waals surface area (Å²) in [6, 6.07) is 4.03. The summed E-state index contributed by atoms with van der Waals surface area (Å²) in [6.07, 6.45) is 7.61. The summed E-state index contributed by atoms with van der Waals surface area (Å²) >= 11 is 13.7. The van der Waals surface area contributed by atoms with Crippen molar-refractivity contribution >= 4 is 59.1 Å². The van der Waals surface area contributed by atoms with Crippen molar-refractivity contribution in [2.75, 3.05) is 13.1 Å². The fourth-order valence-corrected chi connectivity index (χ4v) is 7.38. The number of sulfonamides is 1. The third kappa shape index (κ3) is 4.20. The van der Waals surface area contributed by atoms with Crippen LogP contribution in [0.25, 0.3) is 5.57 Å². The second kappa shape index (κ2) is 8.74. The Morgan fingerprint density at radius 3 is 2.53 bits per heavy atom. The summed E-state index contributed by atoms with van der Waals surface area (Å²) < 4.78 is 29.0. The van der Waals surface area contributed by atoms with Crippen molar-refractivity contribution in [3.8, 4) is 0 Å². The summed E-state index contributed by atoms with van der Waals surface area (Å²) in [4.78, 5) is 0. The standard InChI is InChI=1S/C22H25Br2ClN2O2S/c1-13(2)30(28,29)27-7-5-14(6-8-27)21-20-15(10-18(25)11-19(20)24)3-4-16-9-17(23)12-26-22(16)21/h9-14,26H,3-8H2,1-2H3. The number of allylic oxidation sites excluding steroid dienone is 4. The molecule has 1 fully saturated rings. The highest BCUT2D eigenvalue weighted by molar-refractivity contribution is 9.12. The van der Waals surface area contributed by atoms with Crippen LogP contribution in [-0.4, -0.2) is 31.1 Å². The van der Waals surface area contributed by atoms with Gasteiger partial charge in [-0.05, 0) is 102 Å². The molecule has 4 rings (SSSR count). The lowest BCUT2D eigenvalue weighted by molar-refractivity contribution is 0.308. The molecule has 30 heavy (non-hydrogen) atoms. The summed E-state index contributed by atoms with van der Waals surface area (Å²) in [5, 5.41) is 3.86. The molecule has 2 aliphatic heterocycles. The lowest BCUT2D eigenvalue weighted by Crippen LogP contribution is -2.42. The van der Waals surface area contributed by atoms with Crippen molar-refractivity contribution in [3.05, 3.63) is 60.8 Å². The minimum Gasteiger partial charge on any atom is -0.360 e. The number of nitrogens with zero attached hydrogens (tertiary/aromatic N) is 1. The van der Waals surface area contributed by atoms with Crippen molar-refractivity contribution in [1.82, 2.24) is 9.62 Å². The largest absolute Gasteiger partial charge is 0.360 e. The quantitative estimate of drug-likeness (QED) is 0.482. The number of rotatable bonds is 3. The molecule has 0 amide bonds. The van der Waals surface area contributed by atoms with Crippen LogP contribution in [0.4, 0.5) is 0 Å². The van der Waals surface area contributed by atoms with Gasteiger partial charge in [0, 0.05) is 39.0 Å². The smallest absolute Gasteiger partial charge is 0.216 e. The van der Waals surface area contributed by atoms with E-state index in [1.165, 1.54) is 22.3 Å². The molecule has 0 radical (unpaired) electrons. The van der Waals surface area contributed by atoms with Crippen molar-refractivity contribution in [2.24, 2.45) is 5.92 Å². The SMILES string of the molecule is CC(C)S(=O)(=O)N1CCC(C2=C3NC=C(Br)C=C3CCc3cc(Cl)cc(Br)c32)CC1. The van der Waals surface area contributed by atoms with Crippen LogP contribution in [0, 0.1) is 5.92 Å². The van der Waals surface area contributed by atoms with Gasteiger partial charge in [-0.25, -0.2) is 12.7 Å². The predicted molar refractivity (Wildman–Crippen MR) is 131 cm³/mol. The van der Waals surface area contributed by atoms with Gasteiger partial charge in [-0.2, -0.15) is 0 Å². The molecule has 162 valence electrons. The van der Waals surface area contributed by atoms with Gasteiger partial charge in [0.05, 0.1) is 5.25 Å². The summed E-state index contributed by atoms with van der Waals surface area (Å²) in [7, 11) is -3.22. The van der Waals surface area contributed by atoms with Gasteiger partial charge in [0.1, 0.15) is 0 Å². The van der Waals surface area contributed by atoms with Gasteiger partial charge < -0.3 is 5.32 Å². The number of nitrogens with one attached hydrogen (secondary N) is 1. The first-order valence-corrected chi connectivity index (χ1v) is 13.7. The number of piperidine rings is 1. The molecule has 2 heterocycles. The molecule has 8 heteroatoms. The average molecular weight is 577 g/mol. The molecule has 4 nitrogen and oxygen atoms in total. The third-order valence-corrected chi connectivity index (χ3v) is 9.72. The molecule has 1 aliphatic carbocycles. The number of fused-ring (bicyclic) bond motifs is 2. The molecular weight excluding hydrogens is 552 g/mol. The number of benzene rings is 1. The minimum absolute atomic E-state index is 0.272. The van der Waals surface area contributed by atoms with E-state index >= 15 is 0 Å². The first kappa shape index (κ1) is 22.6. The van der Waals surface area contributed by atoms with Crippen LogP contribution in [0.2, 0.25) is 5.02 Å². The number of hydrogen-bond donors (Lipinski definition) is 1. The Morgan fingerprint density at radius 1 is 1.17 bits per heavy atom. The second-order valence-electron chi connectivity index (χ2n) is 8.32. The van der Waals surface area contributed by atoms with Gasteiger partial charge >= 0.3 is 0 Å². The number of dihydropyridines is 1. The van der Waals surface area contributed by atoms with Gasteiger partial charge in [-0.3, -0.25) is 0 Å². The van der Waals surface area contributed by atoms with Gasteiger partial charge in [0.25, 0.3) is 0 Å². The fraction of sp³-hybridized carbons (Fsp3) is 0.455. The maximum atomic E-state index is 12.6. The Hall–Kier alpha value is -0.600. The van der Waals surface area contributed by atoms with Crippen LogP contribution < -0.4 is 5.32 Å². The van der Waals surface area contributed by atoms with Crippen LogP contribution in [0.1, 0.15) is 44.2 Å². The van der Waals surface area contributed by atoms with Gasteiger partial charge in [0.2, 0.25) is 10.0 Å². The molecule has 3 aliphatic rings. The second-order valence-corrected chi connectivity index (χ2v) is 13.0.